The number of carbonyl (C=O) groups is 1. The second-order valence-electron chi connectivity index (χ2n) is 4.27. The fourth-order valence-corrected chi connectivity index (χ4v) is 1.94. The summed E-state index contributed by atoms with van der Waals surface area (Å²) in [6, 6.07) is 8.63. The van der Waals surface area contributed by atoms with Gasteiger partial charge in [-0.1, -0.05) is 17.7 Å². The van der Waals surface area contributed by atoms with Crippen molar-refractivity contribution in [2.24, 2.45) is 0 Å². The highest BCUT2D eigenvalue weighted by Crippen LogP contribution is 2.25. The molecule has 2 rings (SSSR count). The average Bonchev–Trinajstić information content (AvgIpc) is 2.46. The van der Waals surface area contributed by atoms with Crippen LogP contribution < -0.4 is 10.5 Å². The van der Waals surface area contributed by atoms with Gasteiger partial charge in [0.05, 0.1) is 23.4 Å². The van der Waals surface area contributed by atoms with Crippen LogP contribution in [0.5, 0.6) is 5.75 Å². The lowest BCUT2D eigenvalue weighted by Gasteiger charge is -2.11. The number of methoxy groups -OCH3 is 1. The third kappa shape index (κ3) is 3.64. The number of benzene rings is 2. The van der Waals surface area contributed by atoms with Gasteiger partial charge in [0, 0.05) is 5.56 Å². The van der Waals surface area contributed by atoms with Gasteiger partial charge < -0.3 is 15.2 Å². The van der Waals surface area contributed by atoms with E-state index in [1.807, 2.05) is 0 Å². The molecule has 21 heavy (non-hydrogen) atoms. The zero-order valence-electron chi connectivity index (χ0n) is 11.2. The summed E-state index contributed by atoms with van der Waals surface area (Å²) in [7, 11) is 1.29. The number of carbonyl (C=O) groups excluding carboxylic acids is 1. The van der Waals surface area contributed by atoms with Crippen molar-refractivity contribution in [1.29, 1.82) is 0 Å². The van der Waals surface area contributed by atoms with Crippen LogP contribution in [0.4, 0.5) is 10.1 Å². The van der Waals surface area contributed by atoms with Gasteiger partial charge in [-0.25, -0.2) is 9.18 Å². The van der Waals surface area contributed by atoms with E-state index in [2.05, 4.69) is 4.74 Å². The molecule has 0 spiro atoms. The van der Waals surface area contributed by atoms with Crippen molar-refractivity contribution in [1.82, 2.24) is 0 Å². The van der Waals surface area contributed by atoms with Crippen molar-refractivity contribution in [3.63, 3.8) is 0 Å². The Labute approximate surface area is 126 Å². The summed E-state index contributed by atoms with van der Waals surface area (Å²) in [5.41, 5.74) is 7.09. The van der Waals surface area contributed by atoms with Crippen molar-refractivity contribution in [3.8, 4) is 5.75 Å². The minimum atomic E-state index is -0.477. The van der Waals surface area contributed by atoms with Crippen molar-refractivity contribution in [2.45, 2.75) is 6.61 Å². The molecule has 2 N–H and O–H groups in total. The normalized spacial score (nSPS) is 10.2. The average molecular weight is 310 g/mol. The Balaban J connectivity index is 2.11. The van der Waals surface area contributed by atoms with Gasteiger partial charge in [0.2, 0.25) is 0 Å². The highest BCUT2D eigenvalue weighted by Gasteiger charge is 2.10. The first-order valence-electron chi connectivity index (χ1n) is 6.06. The van der Waals surface area contributed by atoms with Crippen molar-refractivity contribution < 1.29 is 18.7 Å². The van der Waals surface area contributed by atoms with Crippen LogP contribution in [0.3, 0.4) is 0 Å². The zero-order chi connectivity index (χ0) is 15.4. The number of esters is 1. The maximum Gasteiger partial charge on any atom is 0.337 e. The Morgan fingerprint density at radius 3 is 2.67 bits per heavy atom. The van der Waals surface area contributed by atoms with E-state index < -0.39 is 11.8 Å². The van der Waals surface area contributed by atoms with Crippen LogP contribution in [0.25, 0.3) is 0 Å². The van der Waals surface area contributed by atoms with E-state index in [-0.39, 0.29) is 11.6 Å². The van der Waals surface area contributed by atoms with Gasteiger partial charge in [-0.2, -0.15) is 0 Å². The quantitative estimate of drug-likeness (QED) is 0.694. The molecule has 0 saturated carbocycles. The first-order valence-corrected chi connectivity index (χ1v) is 6.43. The van der Waals surface area contributed by atoms with Gasteiger partial charge in [-0.05, 0) is 30.3 Å². The Hall–Kier alpha value is -2.27. The molecule has 0 amide bonds. The van der Waals surface area contributed by atoms with E-state index in [0.29, 0.717) is 22.6 Å². The lowest BCUT2D eigenvalue weighted by Crippen LogP contribution is -2.04. The van der Waals surface area contributed by atoms with Crippen LogP contribution in [0, 0.1) is 5.82 Å². The summed E-state index contributed by atoms with van der Waals surface area (Å²) >= 11 is 5.91. The van der Waals surface area contributed by atoms with Crippen molar-refractivity contribution in [3.05, 3.63) is 58.4 Å². The fraction of sp³-hybridized carbons (Fsp3) is 0.133. The van der Waals surface area contributed by atoms with Crippen LogP contribution in [0.2, 0.25) is 5.02 Å². The largest absolute Gasteiger partial charge is 0.487 e. The van der Waals surface area contributed by atoms with Crippen LogP contribution in [-0.2, 0) is 11.3 Å². The molecule has 0 radical (unpaired) electrons. The van der Waals surface area contributed by atoms with Gasteiger partial charge in [-0.15, -0.1) is 0 Å². The number of hydrogen-bond acceptors (Lipinski definition) is 4. The Morgan fingerprint density at radius 1 is 1.29 bits per heavy atom. The molecule has 2 aromatic rings. The zero-order valence-corrected chi connectivity index (χ0v) is 12.0. The number of hydrogen-bond donors (Lipinski definition) is 1. The first kappa shape index (κ1) is 15.1. The molecular weight excluding hydrogens is 297 g/mol. The third-order valence-corrected chi connectivity index (χ3v) is 3.18. The Bertz CT molecular complexity index is 676. The summed E-state index contributed by atoms with van der Waals surface area (Å²) in [5.74, 6) is -0.483. The standard InChI is InChI=1S/C15H13ClFNO3/c1-20-15(19)9-3-5-14(13(18)6-9)21-8-10-2-4-11(17)7-12(10)16/h2-7H,8,18H2,1H3. The lowest BCUT2D eigenvalue weighted by atomic mass is 10.2. The van der Waals surface area contributed by atoms with E-state index in [9.17, 15) is 9.18 Å². The van der Waals surface area contributed by atoms with Gasteiger partial charge in [-0.3, -0.25) is 0 Å². The van der Waals surface area contributed by atoms with Crippen molar-refractivity contribution >= 4 is 23.3 Å². The fourth-order valence-electron chi connectivity index (χ4n) is 1.72. The third-order valence-electron chi connectivity index (χ3n) is 2.83. The van der Waals surface area contributed by atoms with Gasteiger partial charge >= 0.3 is 5.97 Å². The summed E-state index contributed by atoms with van der Waals surface area (Å²) in [6.07, 6.45) is 0. The second-order valence-corrected chi connectivity index (χ2v) is 4.68. The van der Waals surface area contributed by atoms with Crippen LogP contribution in [-0.4, -0.2) is 13.1 Å². The molecule has 0 aliphatic heterocycles. The smallest absolute Gasteiger partial charge is 0.337 e. The topological polar surface area (TPSA) is 61.5 Å². The maximum atomic E-state index is 12.9. The number of ether oxygens (including phenoxy) is 2. The number of nitrogen functional groups attached to an aromatic ring is 1. The molecule has 110 valence electrons. The van der Waals surface area contributed by atoms with Crippen LogP contribution >= 0.6 is 11.6 Å². The Kier molecular flexibility index (Phi) is 4.65. The van der Waals surface area contributed by atoms with Gasteiger partial charge in [0.15, 0.2) is 0 Å². The van der Waals surface area contributed by atoms with Crippen LogP contribution in [0.1, 0.15) is 15.9 Å². The van der Waals surface area contributed by atoms with E-state index in [1.165, 1.54) is 31.4 Å². The molecule has 4 nitrogen and oxygen atoms in total. The molecule has 0 unspecified atom stereocenters. The second kappa shape index (κ2) is 6.45. The minimum absolute atomic E-state index is 0.140. The number of anilines is 1. The molecule has 0 bridgehead atoms. The molecule has 0 fully saturated rings. The first-order chi connectivity index (χ1) is 10.0. The van der Waals surface area contributed by atoms with Crippen molar-refractivity contribution in [2.75, 3.05) is 12.8 Å². The molecule has 0 aromatic heterocycles. The summed E-state index contributed by atoms with van der Waals surface area (Å²) in [4.78, 5) is 11.4. The lowest BCUT2D eigenvalue weighted by molar-refractivity contribution is 0.0600. The number of nitrogens with two attached hydrogens (primary N) is 1. The summed E-state index contributed by atoms with van der Waals surface area (Å²) < 4.78 is 23.1. The molecule has 0 aliphatic rings. The molecular formula is C15H13ClFNO3. The highest BCUT2D eigenvalue weighted by atomic mass is 35.5. The molecule has 0 atom stereocenters. The summed E-state index contributed by atoms with van der Waals surface area (Å²) in [6.45, 7) is 0.140. The molecule has 0 aliphatic carbocycles. The van der Waals surface area contributed by atoms with E-state index in [1.54, 1.807) is 12.1 Å². The molecule has 6 heteroatoms. The minimum Gasteiger partial charge on any atom is -0.487 e. The maximum absolute atomic E-state index is 12.9. The Morgan fingerprint density at radius 2 is 2.05 bits per heavy atom. The predicted octanol–water partition coefficient (Wildman–Crippen LogP) is 3.43. The molecule has 0 saturated heterocycles. The molecule has 0 heterocycles. The predicted molar refractivity (Wildman–Crippen MR) is 77.9 cm³/mol. The monoisotopic (exact) mass is 309 g/mol. The highest BCUT2D eigenvalue weighted by molar-refractivity contribution is 6.31. The number of halogens is 2. The van der Waals surface area contributed by atoms with E-state index in [4.69, 9.17) is 22.1 Å². The van der Waals surface area contributed by atoms with Crippen LogP contribution in [0.15, 0.2) is 36.4 Å². The van der Waals surface area contributed by atoms with Gasteiger partial charge in [0.1, 0.15) is 18.2 Å². The molecule has 2 aromatic carbocycles. The van der Waals surface area contributed by atoms with E-state index in [0.717, 1.165) is 0 Å². The SMILES string of the molecule is COC(=O)c1ccc(OCc2ccc(F)cc2Cl)c(N)c1. The van der Waals surface area contributed by atoms with E-state index >= 15 is 0 Å². The van der Waals surface area contributed by atoms with Gasteiger partial charge in [0.25, 0.3) is 0 Å². The number of rotatable bonds is 4. The summed E-state index contributed by atoms with van der Waals surface area (Å²) in [5, 5.41) is 0.278.